The summed E-state index contributed by atoms with van der Waals surface area (Å²) in [6.45, 7) is 1.33. The molecule has 0 radical (unpaired) electrons. The number of nitrogens with one attached hydrogen (secondary N) is 1. The number of nitrogens with zero attached hydrogens (tertiary/aromatic N) is 1. The zero-order valence-corrected chi connectivity index (χ0v) is 14.6. The first-order chi connectivity index (χ1) is 12.0. The predicted octanol–water partition coefficient (Wildman–Crippen LogP) is 2.66. The molecule has 0 aliphatic carbocycles. The quantitative estimate of drug-likeness (QED) is 0.729. The Bertz CT molecular complexity index is 971. The molecule has 128 valence electrons. The van der Waals surface area contributed by atoms with Crippen molar-refractivity contribution in [2.75, 3.05) is 6.61 Å². The molecule has 3 aromatic rings. The maximum atomic E-state index is 12.2. The normalized spacial score (nSPS) is 10.6. The van der Waals surface area contributed by atoms with Gasteiger partial charge in [-0.3, -0.25) is 14.9 Å². The number of esters is 1. The Morgan fingerprint density at radius 2 is 1.92 bits per heavy atom. The van der Waals surface area contributed by atoms with Gasteiger partial charge in [-0.05, 0) is 36.1 Å². The summed E-state index contributed by atoms with van der Waals surface area (Å²) in [5.74, 6) is -1.77. The van der Waals surface area contributed by atoms with Gasteiger partial charge in [0.2, 0.25) is 0 Å². The van der Waals surface area contributed by atoms with Gasteiger partial charge in [0.1, 0.15) is 10.6 Å². The average molecular weight is 356 g/mol. The number of carbonyl (C=O) groups is 3. The lowest BCUT2D eigenvalue weighted by atomic mass is 10.1. The van der Waals surface area contributed by atoms with E-state index < -0.39 is 24.4 Å². The number of ether oxygens (including phenoxy) is 1. The average Bonchev–Trinajstić information content (AvgIpc) is 3.17. The van der Waals surface area contributed by atoms with Crippen LogP contribution in [-0.4, -0.2) is 29.0 Å². The minimum atomic E-state index is -0.668. The zero-order chi connectivity index (χ0) is 18.0. The summed E-state index contributed by atoms with van der Waals surface area (Å²) in [5, 5.41) is 3.19. The van der Waals surface area contributed by atoms with Crippen LogP contribution in [0.2, 0.25) is 0 Å². The maximum Gasteiger partial charge on any atom is 0.349 e. The predicted molar refractivity (Wildman–Crippen MR) is 94.7 cm³/mol. The van der Waals surface area contributed by atoms with E-state index in [0.717, 1.165) is 15.6 Å². The number of imide groups is 1. The van der Waals surface area contributed by atoms with E-state index >= 15 is 0 Å². The van der Waals surface area contributed by atoms with Crippen molar-refractivity contribution in [1.29, 1.82) is 0 Å². The summed E-state index contributed by atoms with van der Waals surface area (Å²) >= 11 is 1.32. The molecule has 7 heteroatoms. The molecule has 2 aromatic heterocycles. The highest BCUT2D eigenvalue weighted by Crippen LogP contribution is 2.30. The second-order valence-corrected chi connectivity index (χ2v) is 6.56. The number of aromatic nitrogens is 1. The zero-order valence-electron chi connectivity index (χ0n) is 13.7. The van der Waals surface area contributed by atoms with Crippen LogP contribution >= 0.6 is 11.3 Å². The summed E-state index contributed by atoms with van der Waals surface area (Å²) in [6.07, 6.45) is 1.70. The molecule has 25 heavy (non-hydrogen) atoms. The van der Waals surface area contributed by atoms with E-state index in [1.165, 1.54) is 11.3 Å². The van der Waals surface area contributed by atoms with E-state index in [-0.39, 0.29) is 0 Å². The van der Waals surface area contributed by atoms with Gasteiger partial charge in [0.25, 0.3) is 11.8 Å². The van der Waals surface area contributed by atoms with Gasteiger partial charge in [-0.15, -0.1) is 11.3 Å². The van der Waals surface area contributed by atoms with Gasteiger partial charge in [0.15, 0.2) is 6.61 Å². The Kier molecular flexibility index (Phi) is 4.67. The Balaban J connectivity index is 1.61. The second kappa shape index (κ2) is 6.90. The minimum Gasteiger partial charge on any atom is -0.451 e. The number of carbonyl (C=O) groups excluding carboxylic acids is 3. The molecule has 0 saturated carbocycles. The topological polar surface area (TPSA) is 77.4 Å². The van der Waals surface area contributed by atoms with E-state index in [9.17, 15) is 14.4 Å². The smallest absolute Gasteiger partial charge is 0.349 e. The molecule has 0 aliphatic heterocycles. The first-order valence-corrected chi connectivity index (χ1v) is 8.40. The molecule has 6 nitrogen and oxygen atoms in total. The molecular formula is C18H16N2O4S. The van der Waals surface area contributed by atoms with Crippen molar-refractivity contribution in [3.8, 4) is 0 Å². The fraction of sp³-hybridized carbons (Fsp3) is 0.167. The van der Waals surface area contributed by atoms with Crippen molar-refractivity contribution in [2.45, 2.75) is 6.92 Å². The van der Waals surface area contributed by atoms with Gasteiger partial charge in [0.05, 0.1) is 0 Å². The molecule has 2 heterocycles. The summed E-state index contributed by atoms with van der Waals surface area (Å²) in [7, 11) is 1.70. The minimum absolute atomic E-state index is 0.347. The van der Waals surface area contributed by atoms with Gasteiger partial charge >= 0.3 is 5.97 Å². The molecule has 0 spiro atoms. The fourth-order valence-electron chi connectivity index (χ4n) is 2.49. The SMILES string of the molecule is Cc1c(C(=O)OCC(=O)NC(=O)c2cccn2C)sc2ccccc12. The maximum absolute atomic E-state index is 12.2. The Morgan fingerprint density at radius 1 is 1.16 bits per heavy atom. The van der Waals surface area contributed by atoms with E-state index in [1.54, 1.807) is 29.9 Å². The highest BCUT2D eigenvalue weighted by molar-refractivity contribution is 7.21. The van der Waals surface area contributed by atoms with Crippen molar-refractivity contribution in [2.24, 2.45) is 7.05 Å². The van der Waals surface area contributed by atoms with Crippen LogP contribution in [0.4, 0.5) is 0 Å². The molecule has 1 N–H and O–H groups in total. The summed E-state index contributed by atoms with van der Waals surface area (Å²) in [4.78, 5) is 36.5. The van der Waals surface area contributed by atoms with Crippen LogP contribution in [0.3, 0.4) is 0 Å². The van der Waals surface area contributed by atoms with E-state index in [4.69, 9.17) is 4.74 Å². The molecule has 0 bridgehead atoms. The lowest BCUT2D eigenvalue weighted by Crippen LogP contribution is -2.35. The number of benzene rings is 1. The second-order valence-electron chi connectivity index (χ2n) is 5.51. The molecule has 0 aliphatic rings. The fourth-order valence-corrected chi connectivity index (χ4v) is 3.59. The van der Waals surface area contributed by atoms with Crippen molar-refractivity contribution in [3.63, 3.8) is 0 Å². The van der Waals surface area contributed by atoms with Crippen LogP contribution in [0.1, 0.15) is 25.7 Å². The molecule has 1 aromatic carbocycles. The Hall–Kier alpha value is -2.93. The van der Waals surface area contributed by atoms with E-state index in [1.807, 2.05) is 31.2 Å². The molecule has 0 unspecified atom stereocenters. The van der Waals surface area contributed by atoms with E-state index in [0.29, 0.717) is 10.6 Å². The molecule has 2 amide bonds. The van der Waals surface area contributed by atoms with E-state index in [2.05, 4.69) is 5.32 Å². The van der Waals surface area contributed by atoms with Gasteiger partial charge in [-0.25, -0.2) is 4.79 Å². The molecule has 0 fully saturated rings. The monoisotopic (exact) mass is 356 g/mol. The number of rotatable bonds is 4. The Morgan fingerprint density at radius 3 is 2.60 bits per heavy atom. The van der Waals surface area contributed by atoms with Gasteiger partial charge < -0.3 is 9.30 Å². The largest absolute Gasteiger partial charge is 0.451 e. The standard InChI is InChI=1S/C18H16N2O4S/c1-11-12-6-3-4-8-14(12)25-16(11)18(23)24-10-15(21)19-17(22)13-7-5-9-20(13)2/h3-9H,10H2,1-2H3,(H,19,21,22). The highest BCUT2D eigenvalue weighted by atomic mass is 32.1. The Labute approximate surface area is 148 Å². The molecule has 3 rings (SSSR count). The third-order valence-corrected chi connectivity index (χ3v) is 5.05. The molecule has 0 atom stereocenters. The number of aryl methyl sites for hydroxylation is 2. The number of hydrogen-bond acceptors (Lipinski definition) is 5. The third-order valence-electron chi connectivity index (χ3n) is 3.79. The van der Waals surface area contributed by atoms with Crippen LogP contribution in [0.15, 0.2) is 42.6 Å². The first-order valence-electron chi connectivity index (χ1n) is 7.58. The van der Waals surface area contributed by atoms with Crippen molar-refractivity contribution in [1.82, 2.24) is 9.88 Å². The van der Waals surface area contributed by atoms with Crippen LogP contribution < -0.4 is 5.32 Å². The summed E-state index contributed by atoms with van der Waals surface area (Å²) < 4.78 is 7.62. The number of hydrogen-bond donors (Lipinski definition) is 1. The van der Waals surface area contributed by atoms with Crippen LogP contribution in [-0.2, 0) is 16.6 Å². The van der Waals surface area contributed by atoms with Crippen LogP contribution in [0, 0.1) is 6.92 Å². The third kappa shape index (κ3) is 3.46. The van der Waals surface area contributed by atoms with Crippen molar-refractivity contribution >= 4 is 39.2 Å². The lowest BCUT2D eigenvalue weighted by Gasteiger charge is -2.06. The highest BCUT2D eigenvalue weighted by Gasteiger charge is 2.19. The number of amides is 2. The molecular weight excluding hydrogens is 340 g/mol. The van der Waals surface area contributed by atoms with Crippen molar-refractivity contribution < 1.29 is 19.1 Å². The van der Waals surface area contributed by atoms with Gasteiger partial charge in [0, 0.05) is 17.9 Å². The molecule has 0 saturated heterocycles. The van der Waals surface area contributed by atoms with Gasteiger partial charge in [-0.2, -0.15) is 0 Å². The first kappa shape index (κ1) is 16.9. The number of thiophene rings is 1. The summed E-state index contributed by atoms with van der Waals surface area (Å²) in [5.41, 5.74) is 1.17. The number of fused-ring (bicyclic) bond motifs is 1. The van der Waals surface area contributed by atoms with Crippen molar-refractivity contribution in [3.05, 3.63) is 58.7 Å². The lowest BCUT2D eigenvalue weighted by molar-refractivity contribution is -0.123. The van der Waals surface area contributed by atoms with Gasteiger partial charge in [-0.1, -0.05) is 18.2 Å². The summed E-state index contributed by atoms with van der Waals surface area (Å²) in [6, 6.07) is 11.0. The van der Waals surface area contributed by atoms with Crippen LogP contribution in [0.25, 0.3) is 10.1 Å². The van der Waals surface area contributed by atoms with Crippen LogP contribution in [0.5, 0.6) is 0 Å².